The van der Waals surface area contributed by atoms with Gasteiger partial charge in [-0.2, -0.15) is 5.10 Å². The lowest BCUT2D eigenvalue weighted by atomic mass is 10.2. The lowest BCUT2D eigenvalue weighted by molar-refractivity contribution is -0.132. The van der Waals surface area contributed by atoms with E-state index < -0.39 is 0 Å². The van der Waals surface area contributed by atoms with Gasteiger partial charge >= 0.3 is 0 Å². The monoisotopic (exact) mass is 235 g/mol. The molecule has 2 rings (SSSR count). The second-order valence-corrected chi connectivity index (χ2v) is 4.00. The molecule has 0 aromatic heterocycles. The van der Waals surface area contributed by atoms with Crippen LogP contribution in [0.1, 0.15) is 5.56 Å². The number of rotatable bonds is 3. The largest absolute Gasteiger partial charge is 0.375 e. The molecule has 0 N–H and O–H groups in total. The highest BCUT2D eigenvalue weighted by molar-refractivity contribution is 8.16. The van der Waals surface area contributed by atoms with Gasteiger partial charge in [-0.3, -0.25) is 4.79 Å². The molecule has 1 aromatic rings. The molecule has 0 saturated carbocycles. The number of amides is 1. The van der Waals surface area contributed by atoms with Crippen LogP contribution in [0.4, 0.5) is 0 Å². The summed E-state index contributed by atoms with van der Waals surface area (Å²) in [6.07, 6.45) is 0. The van der Waals surface area contributed by atoms with Gasteiger partial charge in [0.05, 0.1) is 0 Å². The molecule has 5 heteroatoms. The van der Waals surface area contributed by atoms with E-state index in [1.54, 1.807) is 5.88 Å². The van der Waals surface area contributed by atoms with E-state index in [0.29, 0.717) is 0 Å². The molecule has 0 atom stereocenters. The molecule has 1 amide bonds. The molecule has 0 unspecified atom stereocenters. The van der Waals surface area contributed by atoms with Crippen LogP contribution in [0.2, 0.25) is 0 Å². The molecule has 0 spiro atoms. The minimum atomic E-state index is -0.166. The third kappa shape index (κ3) is 2.43. The zero-order valence-corrected chi connectivity index (χ0v) is 9.61. The predicted molar refractivity (Wildman–Crippen MR) is 63.6 cm³/mol. The number of methoxy groups -OCH3 is 1. The number of hydrogen-bond acceptors (Lipinski definition) is 4. The van der Waals surface area contributed by atoms with Crippen LogP contribution in [0.25, 0.3) is 0 Å². The highest BCUT2D eigenvalue weighted by atomic mass is 32.2. The highest BCUT2D eigenvalue weighted by Crippen LogP contribution is 2.26. The average molecular weight is 235 g/mol. The molecule has 83 valence electrons. The van der Waals surface area contributed by atoms with E-state index in [2.05, 4.69) is 5.10 Å². The summed E-state index contributed by atoms with van der Waals surface area (Å²) in [5.74, 6) is 1.52. The van der Waals surface area contributed by atoms with Crippen molar-refractivity contribution in [3.8, 4) is 0 Å². The van der Waals surface area contributed by atoms with Crippen molar-refractivity contribution in [3.63, 3.8) is 0 Å². The number of benzene rings is 1. The van der Waals surface area contributed by atoms with Gasteiger partial charge in [0.15, 0.2) is 0 Å². The van der Waals surface area contributed by atoms with Crippen molar-refractivity contribution < 1.29 is 9.53 Å². The molecule has 1 heterocycles. The van der Waals surface area contributed by atoms with Crippen molar-refractivity contribution in [3.05, 3.63) is 41.8 Å². The molecule has 0 aliphatic carbocycles. The van der Waals surface area contributed by atoms with Gasteiger partial charge in [-0.1, -0.05) is 42.1 Å². The third-order valence-electron chi connectivity index (χ3n) is 2.01. The van der Waals surface area contributed by atoms with E-state index in [1.165, 1.54) is 23.9 Å². The van der Waals surface area contributed by atoms with Gasteiger partial charge in [0, 0.05) is 12.7 Å². The summed E-state index contributed by atoms with van der Waals surface area (Å²) in [5, 5.41) is 6.34. The summed E-state index contributed by atoms with van der Waals surface area (Å²) in [6, 6.07) is 9.76. The minimum Gasteiger partial charge on any atom is -0.375 e. The number of carbonyl (C=O) groups excluding carboxylic acids is 1. The first-order valence-corrected chi connectivity index (χ1v) is 5.64. The Labute approximate surface area is 98.3 Å². The highest BCUT2D eigenvalue weighted by Gasteiger charge is 2.22. The summed E-state index contributed by atoms with van der Waals surface area (Å²) < 4.78 is 4.77. The molecule has 4 nitrogen and oxygen atoms in total. The molecule has 0 saturated heterocycles. The van der Waals surface area contributed by atoms with Crippen LogP contribution in [0, 0.1) is 5.88 Å². The van der Waals surface area contributed by atoms with Crippen molar-refractivity contribution >= 4 is 22.7 Å². The summed E-state index contributed by atoms with van der Waals surface area (Å²) in [7, 11) is 1.49. The Hall–Kier alpha value is -1.33. The van der Waals surface area contributed by atoms with E-state index >= 15 is 0 Å². The number of thioether (sulfide) groups is 1. The Morgan fingerprint density at radius 2 is 2.19 bits per heavy atom. The van der Waals surface area contributed by atoms with Gasteiger partial charge < -0.3 is 4.74 Å². The number of hydrazone groups is 1. The lowest BCUT2D eigenvalue weighted by Crippen LogP contribution is -2.24. The van der Waals surface area contributed by atoms with Crippen LogP contribution in [-0.2, 0) is 9.53 Å². The first-order chi connectivity index (χ1) is 7.81. The second-order valence-electron chi connectivity index (χ2n) is 3.17. The van der Waals surface area contributed by atoms with Gasteiger partial charge in [0.25, 0.3) is 5.91 Å². The van der Waals surface area contributed by atoms with Crippen LogP contribution in [0.3, 0.4) is 0 Å². The molecule has 0 fully saturated rings. The van der Waals surface area contributed by atoms with E-state index in [1.807, 2.05) is 30.3 Å². The number of carbonyl (C=O) groups is 1. The average Bonchev–Trinajstić information content (AvgIpc) is 2.80. The molecule has 16 heavy (non-hydrogen) atoms. The second kappa shape index (κ2) is 5.14. The molecule has 0 bridgehead atoms. The fourth-order valence-corrected chi connectivity index (χ4v) is 2.03. The summed E-state index contributed by atoms with van der Waals surface area (Å²) in [6.45, 7) is 0.0443. The van der Waals surface area contributed by atoms with Crippen molar-refractivity contribution in [2.24, 2.45) is 5.10 Å². The maximum Gasteiger partial charge on any atom is 0.269 e. The van der Waals surface area contributed by atoms with E-state index in [4.69, 9.17) is 4.74 Å². The van der Waals surface area contributed by atoms with Gasteiger partial charge in [0.2, 0.25) is 0 Å². The van der Waals surface area contributed by atoms with E-state index in [-0.39, 0.29) is 12.5 Å². The SMILES string of the molecule is COCC(=O)N1[CH]SC(c2ccccc2)=N1. The Balaban J connectivity index is 2.09. The van der Waals surface area contributed by atoms with E-state index in [9.17, 15) is 4.79 Å². The minimum absolute atomic E-state index is 0.0443. The standard InChI is InChI=1S/C11H11N2O2S/c1-15-7-10(14)13-8-16-11(12-13)9-5-3-2-4-6-9/h2-6,8H,7H2,1H3. The molecular formula is C11H11N2O2S. The van der Waals surface area contributed by atoms with Gasteiger partial charge in [-0.15, -0.1) is 0 Å². The van der Waals surface area contributed by atoms with Crippen molar-refractivity contribution in [1.29, 1.82) is 0 Å². The van der Waals surface area contributed by atoms with Crippen LogP contribution < -0.4 is 0 Å². The van der Waals surface area contributed by atoms with Crippen LogP contribution >= 0.6 is 11.8 Å². The number of nitrogens with zero attached hydrogens (tertiary/aromatic N) is 2. The summed E-state index contributed by atoms with van der Waals surface area (Å²) >= 11 is 1.43. The zero-order chi connectivity index (χ0) is 11.4. The maximum atomic E-state index is 11.5. The van der Waals surface area contributed by atoms with Crippen molar-refractivity contribution in [1.82, 2.24) is 5.01 Å². The molecule has 1 aliphatic heterocycles. The van der Waals surface area contributed by atoms with Crippen molar-refractivity contribution in [2.75, 3.05) is 13.7 Å². The Morgan fingerprint density at radius 3 is 2.88 bits per heavy atom. The Kier molecular flexibility index (Phi) is 3.58. The molecule has 1 aromatic carbocycles. The molecule has 1 aliphatic rings. The first kappa shape index (κ1) is 11.2. The molecule has 1 radical (unpaired) electrons. The predicted octanol–water partition coefficient (Wildman–Crippen LogP) is 1.69. The maximum absolute atomic E-state index is 11.5. The Bertz CT molecular complexity index is 406. The topological polar surface area (TPSA) is 41.9 Å². The smallest absolute Gasteiger partial charge is 0.269 e. The fraction of sp³-hybridized carbons (Fsp3) is 0.182. The van der Waals surface area contributed by atoms with Crippen LogP contribution in [0.15, 0.2) is 35.4 Å². The first-order valence-electron chi connectivity index (χ1n) is 4.76. The summed E-state index contributed by atoms with van der Waals surface area (Å²) in [4.78, 5) is 11.5. The van der Waals surface area contributed by atoms with Gasteiger partial charge in [-0.05, 0) is 0 Å². The van der Waals surface area contributed by atoms with Crippen molar-refractivity contribution in [2.45, 2.75) is 0 Å². The van der Waals surface area contributed by atoms with Crippen LogP contribution in [0.5, 0.6) is 0 Å². The normalized spacial score (nSPS) is 15.1. The fourth-order valence-electron chi connectivity index (χ4n) is 1.26. The van der Waals surface area contributed by atoms with Crippen LogP contribution in [-0.4, -0.2) is 29.7 Å². The van der Waals surface area contributed by atoms with E-state index in [0.717, 1.165) is 10.6 Å². The lowest BCUT2D eigenvalue weighted by Gasteiger charge is -2.07. The number of ether oxygens (including phenoxy) is 1. The third-order valence-corrected chi connectivity index (χ3v) is 2.85. The van der Waals surface area contributed by atoms with Gasteiger partial charge in [-0.25, -0.2) is 5.01 Å². The van der Waals surface area contributed by atoms with Gasteiger partial charge in [0.1, 0.15) is 17.5 Å². The zero-order valence-electron chi connectivity index (χ0n) is 8.79. The Morgan fingerprint density at radius 1 is 1.44 bits per heavy atom. The summed E-state index contributed by atoms with van der Waals surface area (Å²) in [5.41, 5.74) is 1.01. The number of hydrogen-bond donors (Lipinski definition) is 0. The molecular weight excluding hydrogens is 224 g/mol. The quantitative estimate of drug-likeness (QED) is 0.800.